The van der Waals surface area contributed by atoms with Crippen LogP contribution in [0, 0.1) is 17.0 Å². The van der Waals surface area contributed by atoms with Gasteiger partial charge in [0.15, 0.2) is 6.10 Å². The van der Waals surface area contributed by atoms with Gasteiger partial charge in [0.05, 0.1) is 10.5 Å². The number of amides is 1. The Bertz CT molecular complexity index is 804. The minimum atomic E-state index is -1.03. The SMILES string of the molecule is Cc1ccc(C(=O)OC(C)C(=O)N(C)c2ccccc2)cc1[N+](=O)[O-]. The minimum absolute atomic E-state index is 0.0271. The summed E-state index contributed by atoms with van der Waals surface area (Å²) < 4.78 is 5.16. The maximum absolute atomic E-state index is 12.4. The Labute approximate surface area is 145 Å². The minimum Gasteiger partial charge on any atom is -0.449 e. The number of nitro groups is 1. The van der Waals surface area contributed by atoms with Crippen molar-refractivity contribution >= 4 is 23.3 Å². The zero-order valence-electron chi connectivity index (χ0n) is 14.1. The Kier molecular flexibility index (Phi) is 5.49. The zero-order valence-corrected chi connectivity index (χ0v) is 14.1. The highest BCUT2D eigenvalue weighted by Gasteiger charge is 2.24. The summed E-state index contributed by atoms with van der Waals surface area (Å²) in [5, 5.41) is 11.0. The van der Waals surface area contributed by atoms with Crippen LogP contribution in [0.1, 0.15) is 22.8 Å². The molecule has 0 spiro atoms. The first-order valence-corrected chi connectivity index (χ1v) is 7.60. The Balaban J connectivity index is 2.11. The second-order valence-corrected chi connectivity index (χ2v) is 5.54. The molecule has 0 radical (unpaired) electrons. The molecule has 1 unspecified atom stereocenters. The van der Waals surface area contributed by atoms with Crippen LogP contribution >= 0.6 is 0 Å². The Hall–Kier alpha value is -3.22. The first-order chi connectivity index (χ1) is 11.8. The molecule has 0 heterocycles. The van der Waals surface area contributed by atoms with Gasteiger partial charge in [-0.2, -0.15) is 0 Å². The predicted molar refractivity (Wildman–Crippen MR) is 92.6 cm³/mol. The maximum atomic E-state index is 12.4. The van der Waals surface area contributed by atoms with Gasteiger partial charge in [-0.3, -0.25) is 14.9 Å². The second kappa shape index (κ2) is 7.57. The van der Waals surface area contributed by atoms with Crippen molar-refractivity contribution in [1.29, 1.82) is 0 Å². The summed E-state index contributed by atoms with van der Waals surface area (Å²) in [7, 11) is 1.58. The number of hydrogen-bond donors (Lipinski definition) is 0. The van der Waals surface area contributed by atoms with Crippen LogP contribution < -0.4 is 4.90 Å². The molecule has 0 aliphatic heterocycles. The molecular weight excluding hydrogens is 324 g/mol. The van der Waals surface area contributed by atoms with Gasteiger partial charge in [0, 0.05) is 24.4 Å². The van der Waals surface area contributed by atoms with Crippen LogP contribution in [0.3, 0.4) is 0 Å². The highest BCUT2D eigenvalue weighted by molar-refractivity contribution is 5.98. The molecule has 0 saturated heterocycles. The van der Waals surface area contributed by atoms with Crippen molar-refractivity contribution in [3.8, 4) is 0 Å². The van der Waals surface area contributed by atoms with Crippen LogP contribution in [-0.2, 0) is 9.53 Å². The van der Waals surface area contributed by atoms with Crippen LogP contribution in [0.4, 0.5) is 11.4 Å². The number of carbonyl (C=O) groups excluding carboxylic acids is 2. The molecule has 2 aromatic carbocycles. The van der Waals surface area contributed by atoms with Gasteiger partial charge < -0.3 is 9.64 Å². The van der Waals surface area contributed by atoms with Crippen LogP contribution in [0.2, 0.25) is 0 Å². The molecule has 0 aliphatic carbocycles. The molecule has 1 amide bonds. The summed E-state index contributed by atoms with van der Waals surface area (Å²) in [6.07, 6.45) is -1.03. The van der Waals surface area contributed by atoms with E-state index >= 15 is 0 Å². The standard InChI is InChI=1S/C18H18N2O5/c1-12-9-10-14(11-16(12)20(23)24)18(22)25-13(2)17(21)19(3)15-7-5-4-6-8-15/h4-11,13H,1-3H3. The Morgan fingerprint density at radius 1 is 1.16 bits per heavy atom. The third-order valence-electron chi connectivity index (χ3n) is 3.75. The fourth-order valence-electron chi connectivity index (χ4n) is 2.26. The molecule has 25 heavy (non-hydrogen) atoms. The van der Waals surface area contributed by atoms with Gasteiger partial charge in [-0.15, -0.1) is 0 Å². The highest BCUT2D eigenvalue weighted by Crippen LogP contribution is 2.20. The van der Waals surface area contributed by atoms with E-state index in [1.54, 1.807) is 38.2 Å². The quantitative estimate of drug-likeness (QED) is 0.473. The molecule has 7 nitrogen and oxygen atoms in total. The molecule has 7 heteroatoms. The van der Waals surface area contributed by atoms with Crippen molar-refractivity contribution in [3.63, 3.8) is 0 Å². The topological polar surface area (TPSA) is 89.8 Å². The van der Waals surface area contributed by atoms with Gasteiger partial charge in [-0.05, 0) is 32.0 Å². The number of hydrogen-bond acceptors (Lipinski definition) is 5. The van der Waals surface area contributed by atoms with Crippen LogP contribution in [0.15, 0.2) is 48.5 Å². The fourth-order valence-corrected chi connectivity index (χ4v) is 2.26. The molecule has 2 aromatic rings. The summed E-state index contributed by atoms with van der Waals surface area (Å²) in [5.41, 5.74) is 0.963. The monoisotopic (exact) mass is 342 g/mol. The number of para-hydroxylation sites is 1. The van der Waals surface area contributed by atoms with Gasteiger partial charge in [0.1, 0.15) is 0 Å². The molecular formula is C18H18N2O5. The second-order valence-electron chi connectivity index (χ2n) is 5.54. The molecule has 0 N–H and O–H groups in total. The zero-order chi connectivity index (χ0) is 18.6. The van der Waals surface area contributed by atoms with Crippen molar-refractivity contribution in [1.82, 2.24) is 0 Å². The lowest BCUT2D eigenvalue weighted by atomic mass is 10.1. The lowest BCUT2D eigenvalue weighted by molar-refractivity contribution is -0.385. The van der Waals surface area contributed by atoms with Gasteiger partial charge in [-0.25, -0.2) is 4.79 Å². The molecule has 0 aliphatic rings. The number of ether oxygens (including phenoxy) is 1. The summed E-state index contributed by atoms with van der Waals surface area (Å²) >= 11 is 0. The summed E-state index contributed by atoms with van der Waals surface area (Å²) in [6.45, 7) is 3.04. The largest absolute Gasteiger partial charge is 0.449 e. The molecule has 0 aromatic heterocycles. The van der Waals surface area contributed by atoms with Crippen molar-refractivity contribution in [2.45, 2.75) is 20.0 Å². The van der Waals surface area contributed by atoms with Crippen LogP contribution in [-0.4, -0.2) is 30.0 Å². The number of anilines is 1. The number of aryl methyl sites for hydroxylation is 1. The molecule has 0 saturated carbocycles. The summed E-state index contributed by atoms with van der Waals surface area (Å²) in [4.78, 5) is 36.4. The summed E-state index contributed by atoms with van der Waals surface area (Å²) in [6, 6.07) is 13.0. The smallest absolute Gasteiger partial charge is 0.339 e. The average molecular weight is 342 g/mol. The summed E-state index contributed by atoms with van der Waals surface area (Å²) in [5.74, 6) is -1.19. The number of rotatable bonds is 5. The third-order valence-corrected chi connectivity index (χ3v) is 3.75. The predicted octanol–water partition coefficient (Wildman–Crippen LogP) is 3.11. The lowest BCUT2D eigenvalue weighted by Crippen LogP contribution is -2.37. The van der Waals surface area contributed by atoms with Gasteiger partial charge in [0.25, 0.3) is 11.6 Å². The van der Waals surface area contributed by atoms with E-state index in [9.17, 15) is 19.7 Å². The highest BCUT2D eigenvalue weighted by atomic mass is 16.6. The number of benzene rings is 2. The number of esters is 1. The van der Waals surface area contributed by atoms with E-state index in [2.05, 4.69) is 0 Å². The van der Waals surface area contributed by atoms with E-state index in [-0.39, 0.29) is 11.3 Å². The van der Waals surface area contributed by atoms with Crippen molar-refractivity contribution in [3.05, 3.63) is 69.8 Å². The van der Waals surface area contributed by atoms with Crippen molar-refractivity contribution < 1.29 is 19.2 Å². The number of carbonyl (C=O) groups is 2. The van der Waals surface area contributed by atoms with E-state index < -0.39 is 22.9 Å². The van der Waals surface area contributed by atoms with E-state index in [1.807, 2.05) is 6.07 Å². The van der Waals surface area contributed by atoms with Gasteiger partial charge >= 0.3 is 5.97 Å². The molecule has 0 fully saturated rings. The molecule has 1 atom stereocenters. The van der Waals surface area contributed by atoms with Gasteiger partial charge in [-0.1, -0.05) is 24.3 Å². The van der Waals surface area contributed by atoms with E-state index in [1.165, 1.54) is 24.0 Å². The Morgan fingerprint density at radius 3 is 2.40 bits per heavy atom. The first kappa shape index (κ1) is 18.1. The van der Waals surface area contributed by atoms with E-state index in [0.29, 0.717) is 11.3 Å². The molecule has 130 valence electrons. The van der Waals surface area contributed by atoms with Crippen LogP contribution in [0.25, 0.3) is 0 Å². The first-order valence-electron chi connectivity index (χ1n) is 7.60. The van der Waals surface area contributed by atoms with Crippen molar-refractivity contribution in [2.24, 2.45) is 0 Å². The lowest BCUT2D eigenvalue weighted by Gasteiger charge is -2.21. The fraction of sp³-hybridized carbons (Fsp3) is 0.222. The molecule has 0 bridgehead atoms. The normalized spacial score (nSPS) is 11.5. The van der Waals surface area contributed by atoms with E-state index in [0.717, 1.165) is 6.07 Å². The number of likely N-dealkylation sites (N-methyl/N-ethyl adjacent to an activating group) is 1. The third kappa shape index (κ3) is 4.20. The average Bonchev–Trinajstić information content (AvgIpc) is 2.61. The van der Waals surface area contributed by atoms with E-state index in [4.69, 9.17) is 4.74 Å². The number of nitro benzene ring substituents is 1. The van der Waals surface area contributed by atoms with Crippen LogP contribution in [0.5, 0.6) is 0 Å². The van der Waals surface area contributed by atoms with Crippen molar-refractivity contribution in [2.75, 3.05) is 11.9 Å². The molecule has 2 rings (SSSR count). The number of nitrogens with zero attached hydrogens (tertiary/aromatic N) is 2. The Morgan fingerprint density at radius 2 is 1.80 bits per heavy atom. The van der Waals surface area contributed by atoms with Gasteiger partial charge in [0.2, 0.25) is 0 Å². The maximum Gasteiger partial charge on any atom is 0.339 e.